The molecule has 17 heavy (non-hydrogen) atoms. The lowest BCUT2D eigenvalue weighted by molar-refractivity contribution is -0.124. The lowest BCUT2D eigenvalue weighted by atomic mass is 10.2. The standard InChI is InChI=1S/C13H15NO3/c15-11-5-3-10(12(16)9-11)4-6-13(17)14-7-1-2-8-14/h3-6,9,15-16H,1-2,7-8H2/b6-4+. The van der Waals surface area contributed by atoms with Gasteiger partial charge in [-0.2, -0.15) is 0 Å². The van der Waals surface area contributed by atoms with Gasteiger partial charge >= 0.3 is 0 Å². The van der Waals surface area contributed by atoms with Gasteiger partial charge in [0.15, 0.2) is 0 Å². The highest BCUT2D eigenvalue weighted by atomic mass is 16.3. The molecule has 2 N–H and O–H groups in total. The van der Waals surface area contributed by atoms with Gasteiger partial charge in [0.25, 0.3) is 0 Å². The monoisotopic (exact) mass is 233 g/mol. The van der Waals surface area contributed by atoms with E-state index in [9.17, 15) is 9.90 Å². The molecule has 0 aliphatic carbocycles. The van der Waals surface area contributed by atoms with Crippen LogP contribution in [0.2, 0.25) is 0 Å². The first-order chi connectivity index (χ1) is 8.16. The van der Waals surface area contributed by atoms with Gasteiger partial charge in [-0.05, 0) is 31.1 Å². The summed E-state index contributed by atoms with van der Waals surface area (Å²) in [4.78, 5) is 13.5. The SMILES string of the molecule is O=C(/C=C/c1ccc(O)cc1O)N1CCCC1. The number of hydrogen-bond donors (Lipinski definition) is 2. The summed E-state index contributed by atoms with van der Waals surface area (Å²) in [7, 11) is 0. The van der Waals surface area contributed by atoms with Crippen molar-refractivity contribution in [2.24, 2.45) is 0 Å². The molecule has 2 rings (SSSR count). The molecule has 1 aromatic rings. The van der Waals surface area contributed by atoms with Gasteiger partial charge in [0.2, 0.25) is 5.91 Å². The average molecular weight is 233 g/mol. The number of amides is 1. The molecule has 0 spiro atoms. The van der Waals surface area contributed by atoms with Gasteiger partial charge in [-0.15, -0.1) is 0 Å². The molecule has 0 unspecified atom stereocenters. The van der Waals surface area contributed by atoms with E-state index >= 15 is 0 Å². The number of benzene rings is 1. The second-order valence-electron chi connectivity index (χ2n) is 4.11. The number of nitrogens with zero attached hydrogens (tertiary/aromatic N) is 1. The smallest absolute Gasteiger partial charge is 0.246 e. The lowest BCUT2D eigenvalue weighted by Gasteiger charge is -2.11. The molecule has 4 heteroatoms. The van der Waals surface area contributed by atoms with Crippen LogP contribution in [-0.2, 0) is 4.79 Å². The highest BCUT2D eigenvalue weighted by molar-refractivity contribution is 5.92. The second-order valence-corrected chi connectivity index (χ2v) is 4.11. The minimum Gasteiger partial charge on any atom is -0.508 e. The largest absolute Gasteiger partial charge is 0.508 e. The number of rotatable bonds is 2. The van der Waals surface area contributed by atoms with Gasteiger partial charge in [0.1, 0.15) is 11.5 Å². The zero-order valence-electron chi connectivity index (χ0n) is 9.47. The van der Waals surface area contributed by atoms with Crippen LogP contribution in [0.5, 0.6) is 11.5 Å². The zero-order chi connectivity index (χ0) is 12.3. The van der Waals surface area contributed by atoms with Crippen molar-refractivity contribution in [3.63, 3.8) is 0 Å². The second kappa shape index (κ2) is 4.91. The number of phenols is 2. The summed E-state index contributed by atoms with van der Waals surface area (Å²) in [5.74, 6) is -0.0593. The fourth-order valence-electron chi connectivity index (χ4n) is 1.88. The summed E-state index contributed by atoms with van der Waals surface area (Å²) in [6.45, 7) is 1.62. The maximum Gasteiger partial charge on any atom is 0.246 e. The molecule has 0 saturated carbocycles. The van der Waals surface area contributed by atoms with Gasteiger partial charge in [-0.25, -0.2) is 0 Å². The normalized spacial score (nSPS) is 15.6. The molecular formula is C13H15NO3. The van der Waals surface area contributed by atoms with Crippen molar-refractivity contribution < 1.29 is 15.0 Å². The molecule has 4 nitrogen and oxygen atoms in total. The van der Waals surface area contributed by atoms with E-state index in [0.29, 0.717) is 5.56 Å². The van der Waals surface area contributed by atoms with Crippen LogP contribution in [0.3, 0.4) is 0 Å². The Labute approximate surface area is 99.8 Å². The van der Waals surface area contributed by atoms with E-state index in [0.717, 1.165) is 25.9 Å². The van der Waals surface area contributed by atoms with Crippen LogP contribution in [0.15, 0.2) is 24.3 Å². The van der Waals surface area contributed by atoms with Crippen molar-refractivity contribution in [1.29, 1.82) is 0 Å². The number of carbonyl (C=O) groups excluding carboxylic acids is 1. The first-order valence-electron chi connectivity index (χ1n) is 5.66. The van der Waals surface area contributed by atoms with Gasteiger partial charge < -0.3 is 15.1 Å². The highest BCUT2D eigenvalue weighted by Gasteiger charge is 2.15. The average Bonchev–Trinajstić information content (AvgIpc) is 2.81. The molecule has 1 aliphatic rings. The quantitative estimate of drug-likeness (QED) is 0.765. The molecule has 1 heterocycles. The van der Waals surface area contributed by atoms with Crippen LogP contribution in [-0.4, -0.2) is 34.1 Å². The molecule has 1 aliphatic heterocycles. The fraction of sp³-hybridized carbons (Fsp3) is 0.308. The van der Waals surface area contributed by atoms with Gasteiger partial charge in [0.05, 0.1) is 0 Å². The predicted octanol–water partition coefficient (Wildman–Crippen LogP) is 1.73. The Morgan fingerprint density at radius 1 is 1.24 bits per heavy atom. The Morgan fingerprint density at radius 2 is 1.94 bits per heavy atom. The van der Waals surface area contributed by atoms with Gasteiger partial charge in [-0.3, -0.25) is 4.79 Å². The van der Waals surface area contributed by atoms with Gasteiger partial charge in [0, 0.05) is 30.8 Å². The third-order valence-corrected chi connectivity index (χ3v) is 2.84. The summed E-state index contributed by atoms with van der Waals surface area (Å²) >= 11 is 0. The molecular weight excluding hydrogens is 218 g/mol. The first kappa shape index (κ1) is 11.5. The summed E-state index contributed by atoms with van der Waals surface area (Å²) < 4.78 is 0. The van der Waals surface area contributed by atoms with Crippen LogP contribution in [0.25, 0.3) is 6.08 Å². The van der Waals surface area contributed by atoms with E-state index in [1.165, 1.54) is 18.2 Å². The summed E-state index contributed by atoms with van der Waals surface area (Å²) in [5, 5.41) is 18.7. The number of likely N-dealkylation sites (tertiary alicyclic amines) is 1. The Bertz CT molecular complexity index is 448. The van der Waals surface area contributed by atoms with E-state index in [1.807, 2.05) is 0 Å². The van der Waals surface area contributed by atoms with Crippen molar-refractivity contribution in [3.05, 3.63) is 29.8 Å². The first-order valence-corrected chi connectivity index (χ1v) is 5.66. The number of carbonyl (C=O) groups is 1. The van der Waals surface area contributed by atoms with Crippen LogP contribution in [0.1, 0.15) is 18.4 Å². The molecule has 0 radical (unpaired) electrons. The third-order valence-electron chi connectivity index (χ3n) is 2.84. The number of phenolic OH excluding ortho intramolecular Hbond substituents is 2. The zero-order valence-corrected chi connectivity index (χ0v) is 9.47. The maximum absolute atomic E-state index is 11.7. The molecule has 1 fully saturated rings. The topological polar surface area (TPSA) is 60.8 Å². The number of aromatic hydroxyl groups is 2. The Hall–Kier alpha value is -1.97. The highest BCUT2D eigenvalue weighted by Crippen LogP contribution is 2.23. The molecule has 90 valence electrons. The van der Waals surface area contributed by atoms with E-state index in [1.54, 1.807) is 17.0 Å². The van der Waals surface area contributed by atoms with E-state index in [4.69, 9.17) is 5.11 Å². The number of hydrogen-bond acceptors (Lipinski definition) is 3. The van der Waals surface area contributed by atoms with E-state index in [2.05, 4.69) is 0 Å². The third kappa shape index (κ3) is 2.78. The van der Waals surface area contributed by atoms with E-state index in [-0.39, 0.29) is 17.4 Å². The Kier molecular flexibility index (Phi) is 3.32. The van der Waals surface area contributed by atoms with E-state index < -0.39 is 0 Å². The summed E-state index contributed by atoms with van der Waals surface area (Å²) in [5.41, 5.74) is 0.523. The fourth-order valence-corrected chi connectivity index (χ4v) is 1.88. The molecule has 1 amide bonds. The van der Waals surface area contributed by atoms with Crippen molar-refractivity contribution in [1.82, 2.24) is 4.90 Å². The lowest BCUT2D eigenvalue weighted by Crippen LogP contribution is -2.25. The summed E-state index contributed by atoms with van der Waals surface area (Å²) in [6.07, 6.45) is 5.14. The molecule has 1 saturated heterocycles. The molecule has 0 aromatic heterocycles. The Balaban J connectivity index is 2.06. The van der Waals surface area contributed by atoms with Crippen molar-refractivity contribution in [3.8, 4) is 11.5 Å². The molecule has 0 bridgehead atoms. The molecule has 0 atom stereocenters. The van der Waals surface area contributed by atoms with Crippen molar-refractivity contribution >= 4 is 12.0 Å². The minimum atomic E-state index is -0.0324. The van der Waals surface area contributed by atoms with Crippen LogP contribution < -0.4 is 0 Å². The Morgan fingerprint density at radius 3 is 2.59 bits per heavy atom. The maximum atomic E-state index is 11.7. The summed E-state index contributed by atoms with van der Waals surface area (Å²) in [6, 6.07) is 4.29. The molecule has 1 aromatic carbocycles. The van der Waals surface area contributed by atoms with Crippen LogP contribution in [0, 0.1) is 0 Å². The van der Waals surface area contributed by atoms with Crippen molar-refractivity contribution in [2.75, 3.05) is 13.1 Å². The van der Waals surface area contributed by atoms with Crippen LogP contribution in [0.4, 0.5) is 0 Å². The minimum absolute atomic E-state index is 0.00511. The van der Waals surface area contributed by atoms with Crippen LogP contribution >= 0.6 is 0 Å². The van der Waals surface area contributed by atoms with Crippen molar-refractivity contribution in [2.45, 2.75) is 12.8 Å². The van der Waals surface area contributed by atoms with Gasteiger partial charge in [-0.1, -0.05) is 0 Å². The predicted molar refractivity (Wildman–Crippen MR) is 64.6 cm³/mol.